The van der Waals surface area contributed by atoms with Gasteiger partial charge in [-0.05, 0) is 54.8 Å². The quantitative estimate of drug-likeness (QED) is 0.255. The molecule has 1 amide bonds. The molecule has 36 heavy (non-hydrogen) atoms. The summed E-state index contributed by atoms with van der Waals surface area (Å²) in [6, 6.07) is 18.8. The molecule has 0 N–H and O–H groups in total. The fourth-order valence-corrected chi connectivity index (χ4v) is 5.33. The Labute approximate surface area is 216 Å². The molecule has 1 aliphatic rings. The second-order valence-electron chi connectivity index (χ2n) is 8.99. The van der Waals surface area contributed by atoms with Crippen LogP contribution in [-0.4, -0.2) is 31.7 Å². The molecule has 5 nitrogen and oxygen atoms in total. The van der Waals surface area contributed by atoms with Crippen molar-refractivity contribution >= 4 is 27.5 Å². The maximum Gasteiger partial charge on any atom is 0.255 e. The molecule has 0 unspecified atom stereocenters. The van der Waals surface area contributed by atoms with E-state index >= 15 is 0 Å². The van der Waals surface area contributed by atoms with Crippen molar-refractivity contribution in [2.24, 2.45) is 0 Å². The average Bonchev–Trinajstić information content (AvgIpc) is 3.32. The van der Waals surface area contributed by atoms with Gasteiger partial charge in [-0.15, -0.1) is 0 Å². The molecule has 1 atom stereocenters. The smallest absolute Gasteiger partial charge is 0.255 e. The van der Waals surface area contributed by atoms with Gasteiger partial charge in [0.2, 0.25) is 0 Å². The minimum Gasteiger partial charge on any atom is -0.331 e. The predicted molar refractivity (Wildman–Crippen MR) is 141 cm³/mol. The summed E-state index contributed by atoms with van der Waals surface area (Å²) in [5, 5.41) is 0. The van der Waals surface area contributed by atoms with Gasteiger partial charge < -0.3 is 9.30 Å². The maximum atomic E-state index is 14.8. The highest BCUT2D eigenvalue weighted by Gasteiger charge is 2.29. The second kappa shape index (κ2) is 8.99. The molecule has 0 spiro atoms. The number of halogens is 2. The Morgan fingerprint density at radius 3 is 2.72 bits per heavy atom. The van der Waals surface area contributed by atoms with Crippen molar-refractivity contribution in [2.75, 3.05) is 6.54 Å². The number of imidazole rings is 1. The summed E-state index contributed by atoms with van der Waals surface area (Å²) in [7, 11) is 0. The molecular weight excluding hydrogens is 519 g/mol. The van der Waals surface area contributed by atoms with E-state index in [0.29, 0.717) is 33.5 Å². The van der Waals surface area contributed by atoms with Crippen molar-refractivity contribution in [3.63, 3.8) is 0 Å². The standard InChI is InChI=1S/C29H22BrFN4O/c1-18-23-7-3-2-5-19(23)10-12-35(18)29(36)21-13-25(20-6-4-11-32-15-20)28-33-27(17-34(28)16-21)24-9-8-22(30)14-26(24)31/h2-9,11,13-18H,10,12H2,1H3/t18-/m1/s1. The summed E-state index contributed by atoms with van der Waals surface area (Å²) >= 11 is 3.31. The van der Waals surface area contributed by atoms with E-state index in [-0.39, 0.29) is 17.8 Å². The lowest BCUT2D eigenvalue weighted by Crippen LogP contribution is -2.38. The summed E-state index contributed by atoms with van der Waals surface area (Å²) in [5.74, 6) is -0.415. The summed E-state index contributed by atoms with van der Waals surface area (Å²) < 4.78 is 17.2. The van der Waals surface area contributed by atoms with E-state index in [2.05, 4.69) is 40.0 Å². The number of rotatable bonds is 3. The van der Waals surface area contributed by atoms with E-state index in [1.165, 1.54) is 17.2 Å². The zero-order valence-electron chi connectivity index (χ0n) is 19.5. The zero-order valence-corrected chi connectivity index (χ0v) is 21.1. The highest BCUT2D eigenvalue weighted by Crippen LogP contribution is 2.33. The Hall–Kier alpha value is -3.84. The first-order valence-electron chi connectivity index (χ1n) is 11.8. The SMILES string of the molecule is C[C@@H]1c2ccccc2CCN1C(=O)c1cc(-c2cccnc2)c2nc(-c3ccc(Br)cc3F)cn2c1. The van der Waals surface area contributed by atoms with E-state index in [1.807, 2.05) is 39.6 Å². The summed E-state index contributed by atoms with van der Waals surface area (Å²) in [4.78, 5) is 24.8. The van der Waals surface area contributed by atoms with Gasteiger partial charge in [0.15, 0.2) is 0 Å². The Kier molecular flexibility index (Phi) is 5.64. The van der Waals surface area contributed by atoms with E-state index < -0.39 is 0 Å². The van der Waals surface area contributed by atoms with Crippen LogP contribution >= 0.6 is 15.9 Å². The Bertz CT molecular complexity index is 1610. The lowest BCUT2D eigenvalue weighted by molar-refractivity contribution is 0.0677. The minimum absolute atomic E-state index is 0.0322. The van der Waals surface area contributed by atoms with E-state index in [9.17, 15) is 9.18 Å². The average molecular weight is 541 g/mol. The highest BCUT2D eigenvalue weighted by molar-refractivity contribution is 9.10. The van der Waals surface area contributed by atoms with Crippen LogP contribution in [-0.2, 0) is 6.42 Å². The molecule has 0 bridgehead atoms. The molecule has 0 fully saturated rings. The topological polar surface area (TPSA) is 50.5 Å². The second-order valence-corrected chi connectivity index (χ2v) is 9.90. The third kappa shape index (κ3) is 3.89. The molecule has 0 aliphatic carbocycles. The fraction of sp³-hybridized carbons (Fsp3) is 0.138. The normalized spacial score (nSPS) is 15.2. The Morgan fingerprint density at radius 2 is 1.92 bits per heavy atom. The molecule has 6 rings (SSSR count). The third-order valence-corrected chi connectivity index (χ3v) is 7.33. The van der Waals surface area contributed by atoms with Crippen molar-refractivity contribution < 1.29 is 9.18 Å². The molecule has 2 aromatic carbocycles. The van der Waals surface area contributed by atoms with Crippen molar-refractivity contribution in [3.05, 3.63) is 112 Å². The molecule has 178 valence electrons. The van der Waals surface area contributed by atoms with E-state index in [0.717, 1.165) is 17.5 Å². The van der Waals surface area contributed by atoms with Crippen molar-refractivity contribution in [1.82, 2.24) is 19.3 Å². The Balaban J connectivity index is 1.48. The molecule has 0 saturated carbocycles. The number of fused-ring (bicyclic) bond motifs is 2. The van der Waals surface area contributed by atoms with Crippen molar-refractivity contribution in [1.29, 1.82) is 0 Å². The number of hydrogen-bond donors (Lipinski definition) is 0. The van der Waals surface area contributed by atoms with Gasteiger partial charge in [0.05, 0.1) is 17.3 Å². The number of carbonyl (C=O) groups excluding carboxylic acids is 1. The number of pyridine rings is 2. The molecule has 0 radical (unpaired) electrons. The Morgan fingerprint density at radius 1 is 1.06 bits per heavy atom. The van der Waals surface area contributed by atoms with Crippen LogP contribution in [0.2, 0.25) is 0 Å². The number of hydrogen-bond acceptors (Lipinski definition) is 3. The van der Waals surface area contributed by atoms with Gasteiger partial charge in [-0.3, -0.25) is 9.78 Å². The monoisotopic (exact) mass is 540 g/mol. The van der Waals surface area contributed by atoms with Crippen LogP contribution in [0.4, 0.5) is 4.39 Å². The lowest BCUT2D eigenvalue weighted by atomic mass is 9.93. The molecule has 0 saturated heterocycles. The predicted octanol–water partition coefficient (Wildman–Crippen LogP) is 6.72. The first-order valence-corrected chi connectivity index (χ1v) is 12.6. The van der Waals surface area contributed by atoms with E-state index in [1.54, 1.807) is 36.9 Å². The van der Waals surface area contributed by atoms with Gasteiger partial charge in [-0.1, -0.05) is 46.3 Å². The molecule has 3 aromatic heterocycles. The number of benzene rings is 2. The maximum absolute atomic E-state index is 14.8. The number of amides is 1. The number of aromatic nitrogens is 3. The highest BCUT2D eigenvalue weighted by atomic mass is 79.9. The van der Waals surface area contributed by atoms with Gasteiger partial charge in [0.25, 0.3) is 5.91 Å². The summed E-state index contributed by atoms with van der Waals surface area (Å²) in [6.45, 7) is 2.72. The first kappa shape index (κ1) is 22.6. The summed E-state index contributed by atoms with van der Waals surface area (Å²) in [6.07, 6.45) is 7.84. The molecule has 4 heterocycles. The van der Waals surface area contributed by atoms with Gasteiger partial charge in [0.1, 0.15) is 11.5 Å². The third-order valence-electron chi connectivity index (χ3n) is 6.83. The van der Waals surface area contributed by atoms with Crippen LogP contribution < -0.4 is 0 Å². The zero-order chi connectivity index (χ0) is 24.8. The number of nitrogens with zero attached hydrogens (tertiary/aromatic N) is 4. The lowest BCUT2D eigenvalue weighted by Gasteiger charge is -2.35. The minimum atomic E-state index is -0.368. The molecule has 7 heteroatoms. The van der Waals surface area contributed by atoms with Crippen LogP contribution in [0.1, 0.15) is 34.5 Å². The number of carbonyl (C=O) groups is 1. The van der Waals surface area contributed by atoms with Gasteiger partial charge >= 0.3 is 0 Å². The summed E-state index contributed by atoms with van der Waals surface area (Å²) in [5.41, 5.74) is 6.15. The van der Waals surface area contributed by atoms with Gasteiger partial charge in [-0.2, -0.15) is 0 Å². The molecule has 5 aromatic rings. The van der Waals surface area contributed by atoms with Crippen LogP contribution in [0, 0.1) is 5.82 Å². The van der Waals surface area contributed by atoms with Crippen LogP contribution in [0.25, 0.3) is 28.0 Å². The molecular formula is C29H22BrFN4O. The van der Waals surface area contributed by atoms with Crippen LogP contribution in [0.3, 0.4) is 0 Å². The fourth-order valence-electron chi connectivity index (χ4n) is 4.99. The van der Waals surface area contributed by atoms with Gasteiger partial charge in [-0.25, -0.2) is 9.37 Å². The van der Waals surface area contributed by atoms with E-state index in [4.69, 9.17) is 4.98 Å². The van der Waals surface area contributed by atoms with Gasteiger partial charge in [0, 0.05) is 52.5 Å². The van der Waals surface area contributed by atoms with Crippen molar-refractivity contribution in [2.45, 2.75) is 19.4 Å². The van der Waals surface area contributed by atoms with Crippen LogP contribution in [0.5, 0.6) is 0 Å². The largest absolute Gasteiger partial charge is 0.331 e. The molecule has 1 aliphatic heterocycles. The van der Waals surface area contributed by atoms with Crippen molar-refractivity contribution in [3.8, 4) is 22.4 Å². The van der Waals surface area contributed by atoms with Crippen LogP contribution in [0.15, 0.2) is 89.9 Å². The first-order chi connectivity index (χ1) is 17.5.